The SMILES string of the molecule is CN(C)Cc1ccc(CNC(=O)c2cccc(CNc3ncc(-c4cn[nH]c4)c4c3CCO4)c2)cc1. The van der Waals surface area contributed by atoms with Crippen LogP contribution in [0.2, 0.25) is 0 Å². The predicted octanol–water partition coefficient (Wildman–Crippen LogP) is 4.01. The maximum atomic E-state index is 12.8. The summed E-state index contributed by atoms with van der Waals surface area (Å²) in [6.07, 6.45) is 6.22. The smallest absolute Gasteiger partial charge is 0.251 e. The molecule has 0 radical (unpaired) electrons. The lowest BCUT2D eigenvalue weighted by molar-refractivity contribution is 0.0951. The van der Waals surface area contributed by atoms with Gasteiger partial charge in [0.05, 0.1) is 12.8 Å². The first-order chi connectivity index (χ1) is 17.6. The molecule has 8 heteroatoms. The van der Waals surface area contributed by atoms with E-state index in [2.05, 4.69) is 55.0 Å². The van der Waals surface area contributed by atoms with Gasteiger partial charge in [-0.2, -0.15) is 5.10 Å². The second-order valence-corrected chi connectivity index (χ2v) is 9.20. The van der Waals surface area contributed by atoms with E-state index in [1.54, 1.807) is 6.20 Å². The molecule has 2 aromatic carbocycles. The third kappa shape index (κ3) is 5.39. The minimum atomic E-state index is -0.0916. The minimum Gasteiger partial charge on any atom is -0.492 e. The summed E-state index contributed by atoms with van der Waals surface area (Å²) in [5.41, 5.74) is 6.92. The molecule has 36 heavy (non-hydrogen) atoms. The number of benzene rings is 2. The van der Waals surface area contributed by atoms with E-state index in [0.29, 0.717) is 25.3 Å². The number of carbonyl (C=O) groups is 1. The standard InChI is InChI=1S/C28H30N6O2/c1-34(2)18-20-8-6-19(7-9-20)13-31-28(35)22-5-3-4-21(12-22)14-29-27-24-10-11-36-26(24)25(17-30-27)23-15-32-33-16-23/h3-9,12,15-17H,10-11,13-14,18H2,1-2H3,(H,29,30)(H,31,35)(H,32,33). The van der Waals surface area contributed by atoms with E-state index in [9.17, 15) is 4.79 Å². The Bertz CT molecular complexity index is 1330. The first-order valence-corrected chi connectivity index (χ1v) is 12.0. The number of carbonyl (C=O) groups excluding carboxylic acids is 1. The first-order valence-electron chi connectivity index (χ1n) is 12.0. The van der Waals surface area contributed by atoms with Gasteiger partial charge in [-0.3, -0.25) is 9.89 Å². The summed E-state index contributed by atoms with van der Waals surface area (Å²) in [4.78, 5) is 19.6. The van der Waals surface area contributed by atoms with E-state index in [1.165, 1.54) is 5.56 Å². The molecule has 0 spiro atoms. The lowest BCUT2D eigenvalue weighted by Gasteiger charge is -2.13. The number of anilines is 1. The van der Waals surface area contributed by atoms with E-state index in [0.717, 1.165) is 52.4 Å². The van der Waals surface area contributed by atoms with Crippen molar-refractivity contribution < 1.29 is 9.53 Å². The summed E-state index contributed by atoms with van der Waals surface area (Å²) in [5, 5.41) is 13.3. The Kier molecular flexibility index (Phi) is 6.95. The number of pyridine rings is 1. The van der Waals surface area contributed by atoms with Crippen molar-refractivity contribution in [2.24, 2.45) is 0 Å². The number of rotatable bonds is 9. The minimum absolute atomic E-state index is 0.0916. The van der Waals surface area contributed by atoms with E-state index < -0.39 is 0 Å². The quantitative estimate of drug-likeness (QED) is 0.334. The third-order valence-corrected chi connectivity index (χ3v) is 6.16. The summed E-state index contributed by atoms with van der Waals surface area (Å²) in [6.45, 7) is 2.57. The third-order valence-electron chi connectivity index (χ3n) is 6.16. The van der Waals surface area contributed by atoms with E-state index in [1.807, 2.05) is 50.8 Å². The van der Waals surface area contributed by atoms with Crippen LogP contribution in [0.15, 0.2) is 67.1 Å². The molecule has 1 amide bonds. The maximum Gasteiger partial charge on any atom is 0.251 e. The molecule has 0 atom stereocenters. The zero-order valence-electron chi connectivity index (χ0n) is 20.5. The Morgan fingerprint density at radius 1 is 1.06 bits per heavy atom. The lowest BCUT2D eigenvalue weighted by Crippen LogP contribution is -2.23. The number of amides is 1. The number of hydrogen-bond acceptors (Lipinski definition) is 6. The van der Waals surface area contributed by atoms with E-state index >= 15 is 0 Å². The van der Waals surface area contributed by atoms with Crippen molar-refractivity contribution in [3.63, 3.8) is 0 Å². The molecule has 184 valence electrons. The lowest BCUT2D eigenvalue weighted by atomic mass is 10.1. The van der Waals surface area contributed by atoms with Gasteiger partial charge in [-0.25, -0.2) is 4.98 Å². The van der Waals surface area contributed by atoms with Crippen LogP contribution in [0.5, 0.6) is 5.75 Å². The van der Waals surface area contributed by atoms with E-state index in [-0.39, 0.29) is 5.91 Å². The predicted molar refractivity (Wildman–Crippen MR) is 140 cm³/mol. The zero-order chi connectivity index (χ0) is 24.9. The molecule has 4 aromatic rings. The molecule has 0 unspecified atom stereocenters. The molecule has 5 rings (SSSR count). The summed E-state index contributed by atoms with van der Waals surface area (Å²) < 4.78 is 5.91. The molecule has 0 fully saturated rings. The highest BCUT2D eigenvalue weighted by atomic mass is 16.5. The molecular weight excluding hydrogens is 452 g/mol. The highest BCUT2D eigenvalue weighted by Gasteiger charge is 2.22. The number of ether oxygens (including phenoxy) is 1. The van der Waals surface area contributed by atoms with Crippen LogP contribution in [0.1, 0.15) is 32.6 Å². The number of nitrogens with zero attached hydrogens (tertiary/aromatic N) is 3. The van der Waals surface area contributed by atoms with Crippen LogP contribution < -0.4 is 15.4 Å². The second kappa shape index (κ2) is 10.6. The molecule has 3 N–H and O–H groups in total. The van der Waals surface area contributed by atoms with Gasteiger partial charge in [-0.05, 0) is 42.9 Å². The van der Waals surface area contributed by atoms with Crippen LogP contribution in [0.4, 0.5) is 5.82 Å². The number of nitrogens with one attached hydrogen (secondary N) is 3. The van der Waals surface area contributed by atoms with Crippen molar-refractivity contribution in [1.29, 1.82) is 0 Å². The number of hydrogen-bond donors (Lipinski definition) is 3. The van der Waals surface area contributed by atoms with Gasteiger partial charge in [0.1, 0.15) is 11.6 Å². The summed E-state index contributed by atoms with van der Waals surface area (Å²) in [6, 6.07) is 16.0. The Morgan fingerprint density at radius 3 is 2.67 bits per heavy atom. The van der Waals surface area contributed by atoms with Gasteiger partial charge >= 0.3 is 0 Å². The second-order valence-electron chi connectivity index (χ2n) is 9.20. The molecule has 8 nitrogen and oxygen atoms in total. The summed E-state index contributed by atoms with van der Waals surface area (Å²) >= 11 is 0. The average Bonchev–Trinajstić information content (AvgIpc) is 3.59. The Hall–Kier alpha value is -4.17. The van der Waals surface area contributed by atoms with Crippen molar-refractivity contribution >= 4 is 11.7 Å². The van der Waals surface area contributed by atoms with Crippen LogP contribution in [0.25, 0.3) is 11.1 Å². The van der Waals surface area contributed by atoms with Crippen molar-refractivity contribution in [1.82, 2.24) is 25.4 Å². The van der Waals surface area contributed by atoms with Gasteiger partial charge in [-0.15, -0.1) is 0 Å². The fraction of sp³-hybridized carbons (Fsp3) is 0.250. The van der Waals surface area contributed by atoms with E-state index in [4.69, 9.17) is 4.74 Å². The van der Waals surface area contributed by atoms with Crippen LogP contribution >= 0.6 is 0 Å². The molecule has 0 saturated carbocycles. The van der Waals surface area contributed by atoms with Crippen LogP contribution in [0.3, 0.4) is 0 Å². The number of aromatic amines is 1. The summed E-state index contributed by atoms with van der Waals surface area (Å²) in [7, 11) is 4.10. The molecule has 1 aliphatic heterocycles. The highest BCUT2D eigenvalue weighted by Crippen LogP contribution is 2.39. The van der Waals surface area contributed by atoms with Gasteiger partial charge < -0.3 is 20.3 Å². The van der Waals surface area contributed by atoms with Gasteiger partial charge in [0.2, 0.25) is 0 Å². The fourth-order valence-corrected chi connectivity index (χ4v) is 4.36. The Labute approximate surface area is 210 Å². The normalized spacial score (nSPS) is 12.3. The summed E-state index contributed by atoms with van der Waals surface area (Å²) in [5.74, 6) is 1.57. The van der Waals surface area contributed by atoms with Crippen LogP contribution in [-0.4, -0.2) is 46.7 Å². The topological polar surface area (TPSA) is 95.2 Å². The monoisotopic (exact) mass is 482 g/mol. The highest BCUT2D eigenvalue weighted by molar-refractivity contribution is 5.94. The van der Waals surface area contributed by atoms with Crippen LogP contribution in [0, 0.1) is 0 Å². The Morgan fingerprint density at radius 2 is 1.89 bits per heavy atom. The van der Waals surface area contributed by atoms with Crippen molar-refractivity contribution in [2.45, 2.75) is 26.1 Å². The fourth-order valence-electron chi connectivity index (χ4n) is 4.36. The van der Waals surface area contributed by atoms with Gasteiger partial charge in [0.25, 0.3) is 5.91 Å². The molecule has 3 heterocycles. The number of H-pyrrole nitrogens is 1. The average molecular weight is 483 g/mol. The van der Waals surface area contributed by atoms with Crippen molar-refractivity contribution in [2.75, 3.05) is 26.0 Å². The molecular formula is C28H30N6O2. The largest absolute Gasteiger partial charge is 0.492 e. The number of fused-ring (bicyclic) bond motifs is 1. The molecule has 0 bridgehead atoms. The van der Waals surface area contributed by atoms with Crippen LogP contribution in [-0.2, 0) is 26.1 Å². The van der Waals surface area contributed by atoms with Crippen molar-refractivity contribution in [3.8, 4) is 16.9 Å². The van der Waals surface area contributed by atoms with Gasteiger partial charge in [0.15, 0.2) is 0 Å². The molecule has 2 aromatic heterocycles. The Balaban J connectivity index is 1.21. The zero-order valence-corrected chi connectivity index (χ0v) is 20.5. The molecule has 1 aliphatic rings. The van der Waals surface area contributed by atoms with Gasteiger partial charge in [0, 0.05) is 60.7 Å². The van der Waals surface area contributed by atoms with Crippen molar-refractivity contribution in [3.05, 3.63) is 94.9 Å². The first kappa shape index (κ1) is 23.6. The molecule has 0 aliphatic carbocycles. The maximum absolute atomic E-state index is 12.8. The number of aromatic nitrogens is 3. The van der Waals surface area contributed by atoms with Gasteiger partial charge in [-0.1, -0.05) is 36.4 Å². The molecule has 0 saturated heterocycles.